The third-order valence-corrected chi connectivity index (χ3v) is 4.74. The minimum absolute atomic E-state index is 0.269. The number of anilines is 1. The number of nitrogens with one attached hydrogen (secondary N) is 2. The number of carbonyl (C=O) groups is 1. The Morgan fingerprint density at radius 2 is 1.62 bits per heavy atom. The molecule has 0 atom stereocenters. The maximum atomic E-state index is 12.4. The van der Waals surface area contributed by atoms with Gasteiger partial charge in [-0.1, -0.05) is 60.1 Å². The average molecular weight is 404 g/mol. The molecule has 144 valence electrons. The summed E-state index contributed by atoms with van der Waals surface area (Å²) in [5.41, 5.74) is 9.40. The molecule has 2 N–H and O–H groups in total. The molecular formula is C22H18ClN5O. The number of halogens is 1. The molecule has 1 aliphatic rings. The zero-order valence-electron chi connectivity index (χ0n) is 15.6. The first kappa shape index (κ1) is 18.7. The van der Waals surface area contributed by atoms with E-state index in [4.69, 9.17) is 11.6 Å². The highest BCUT2D eigenvalue weighted by atomic mass is 35.5. The molecule has 7 heteroatoms. The number of guanidine groups is 1. The van der Waals surface area contributed by atoms with E-state index >= 15 is 0 Å². The number of amides is 1. The standard InChI is InChI=1S/C22H18ClN5O/c1-28-19-13-12-17(23)14-18(19)20(15-8-4-2-5-9-15)24-26-22(28)27-25-21(29)16-10-6-3-7-11-16/h2-14H,1H3,(H,25,29)(H,26,27). The lowest BCUT2D eigenvalue weighted by Crippen LogP contribution is -2.48. The number of hydrogen-bond donors (Lipinski definition) is 2. The molecule has 29 heavy (non-hydrogen) atoms. The minimum Gasteiger partial charge on any atom is -0.312 e. The summed E-state index contributed by atoms with van der Waals surface area (Å²) in [4.78, 5) is 14.2. The van der Waals surface area contributed by atoms with Crippen LogP contribution in [0.5, 0.6) is 0 Å². The second kappa shape index (κ2) is 8.16. The van der Waals surface area contributed by atoms with Crippen molar-refractivity contribution in [1.82, 2.24) is 10.9 Å². The van der Waals surface area contributed by atoms with Gasteiger partial charge in [0.15, 0.2) is 0 Å². The lowest BCUT2D eigenvalue weighted by Gasteiger charge is -2.22. The molecule has 1 amide bonds. The largest absolute Gasteiger partial charge is 0.312 e. The van der Waals surface area contributed by atoms with E-state index in [1.165, 1.54) is 0 Å². The number of nitrogens with zero attached hydrogens (tertiary/aromatic N) is 3. The molecule has 0 aromatic heterocycles. The molecule has 3 aromatic rings. The van der Waals surface area contributed by atoms with E-state index in [9.17, 15) is 4.79 Å². The quantitative estimate of drug-likeness (QED) is 0.639. The van der Waals surface area contributed by atoms with Crippen LogP contribution in [0.4, 0.5) is 5.69 Å². The highest BCUT2D eigenvalue weighted by Crippen LogP contribution is 2.28. The van der Waals surface area contributed by atoms with Crippen molar-refractivity contribution in [2.45, 2.75) is 0 Å². The van der Waals surface area contributed by atoms with Gasteiger partial charge in [0.1, 0.15) is 5.71 Å². The predicted molar refractivity (Wildman–Crippen MR) is 116 cm³/mol. The Kier molecular flexibility index (Phi) is 5.27. The lowest BCUT2D eigenvalue weighted by molar-refractivity contribution is 0.0943. The summed E-state index contributed by atoms with van der Waals surface area (Å²) in [6.07, 6.45) is 0. The summed E-state index contributed by atoms with van der Waals surface area (Å²) >= 11 is 6.25. The van der Waals surface area contributed by atoms with Gasteiger partial charge < -0.3 is 4.90 Å². The summed E-state index contributed by atoms with van der Waals surface area (Å²) in [6, 6.07) is 24.3. The van der Waals surface area contributed by atoms with Gasteiger partial charge in [-0.05, 0) is 30.3 Å². The van der Waals surface area contributed by atoms with Crippen molar-refractivity contribution in [3.05, 3.63) is 101 Å². The second-order valence-corrected chi connectivity index (χ2v) is 6.84. The normalized spacial score (nSPS) is 13.0. The first-order valence-electron chi connectivity index (χ1n) is 8.99. The van der Waals surface area contributed by atoms with Crippen LogP contribution in [0.3, 0.4) is 0 Å². The van der Waals surface area contributed by atoms with Gasteiger partial charge in [-0.3, -0.25) is 15.6 Å². The molecule has 0 bridgehead atoms. The molecule has 0 spiro atoms. The first-order chi connectivity index (χ1) is 14.1. The summed E-state index contributed by atoms with van der Waals surface area (Å²) in [5.74, 6) is 0.110. The molecule has 1 heterocycles. The summed E-state index contributed by atoms with van der Waals surface area (Å²) in [6.45, 7) is 0. The number of benzene rings is 3. The Hall–Kier alpha value is -3.64. The van der Waals surface area contributed by atoms with Gasteiger partial charge in [0, 0.05) is 28.8 Å². The Bertz CT molecular complexity index is 1100. The molecule has 0 radical (unpaired) electrons. The maximum absolute atomic E-state index is 12.4. The molecule has 4 rings (SSSR count). The van der Waals surface area contributed by atoms with E-state index in [-0.39, 0.29) is 5.91 Å². The number of hydrazine groups is 1. The third-order valence-electron chi connectivity index (χ3n) is 4.51. The molecule has 0 aliphatic carbocycles. The van der Waals surface area contributed by atoms with Gasteiger partial charge in [0.2, 0.25) is 5.96 Å². The van der Waals surface area contributed by atoms with Crippen molar-refractivity contribution in [1.29, 1.82) is 0 Å². The molecular weight excluding hydrogens is 386 g/mol. The topological polar surface area (TPSA) is 69.1 Å². The SMILES string of the molecule is CN1C(NNC(=O)c2ccccc2)=NN=C(c2ccccc2)c2cc(Cl)ccc21. The molecule has 0 fully saturated rings. The highest BCUT2D eigenvalue weighted by Gasteiger charge is 2.22. The van der Waals surface area contributed by atoms with E-state index in [0.717, 1.165) is 16.8 Å². The third kappa shape index (κ3) is 3.97. The average Bonchev–Trinajstić information content (AvgIpc) is 2.89. The van der Waals surface area contributed by atoms with Crippen LogP contribution in [-0.2, 0) is 0 Å². The molecule has 1 aliphatic heterocycles. The summed E-state index contributed by atoms with van der Waals surface area (Å²) in [5, 5.41) is 9.39. The minimum atomic E-state index is -0.269. The van der Waals surface area contributed by atoms with E-state index in [2.05, 4.69) is 21.1 Å². The van der Waals surface area contributed by atoms with Gasteiger partial charge in [-0.15, -0.1) is 10.2 Å². The number of carbonyl (C=O) groups excluding carboxylic acids is 1. The van der Waals surface area contributed by atoms with Crippen molar-refractivity contribution in [2.24, 2.45) is 10.2 Å². The van der Waals surface area contributed by atoms with Crippen molar-refractivity contribution < 1.29 is 4.79 Å². The Balaban J connectivity index is 1.67. The fourth-order valence-electron chi connectivity index (χ4n) is 3.02. The van der Waals surface area contributed by atoms with Crippen LogP contribution < -0.4 is 15.8 Å². The van der Waals surface area contributed by atoms with Crippen LogP contribution in [0.2, 0.25) is 5.02 Å². The van der Waals surface area contributed by atoms with Crippen LogP contribution in [0, 0.1) is 0 Å². The first-order valence-corrected chi connectivity index (χ1v) is 9.37. The number of hydrogen-bond acceptors (Lipinski definition) is 5. The number of rotatable bonds is 2. The van der Waals surface area contributed by atoms with Crippen LogP contribution in [0.15, 0.2) is 89.1 Å². The zero-order valence-corrected chi connectivity index (χ0v) is 16.4. The van der Waals surface area contributed by atoms with Crippen molar-refractivity contribution in [3.63, 3.8) is 0 Å². The van der Waals surface area contributed by atoms with E-state index in [1.807, 2.05) is 66.5 Å². The fraction of sp³-hybridized carbons (Fsp3) is 0.0455. The van der Waals surface area contributed by atoms with Gasteiger partial charge in [0.05, 0.1) is 5.69 Å². The highest BCUT2D eigenvalue weighted by molar-refractivity contribution is 6.31. The fourth-order valence-corrected chi connectivity index (χ4v) is 3.19. The van der Waals surface area contributed by atoms with Crippen LogP contribution in [0.25, 0.3) is 0 Å². The Morgan fingerprint density at radius 1 is 0.931 bits per heavy atom. The van der Waals surface area contributed by atoms with E-state index in [0.29, 0.717) is 22.3 Å². The lowest BCUT2D eigenvalue weighted by atomic mass is 10.0. The van der Waals surface area contributed by atoms with Crippen LogP contribution in [-0.4, -0.2) is 24.6 Å². The Labute approximate surface area is 173 Å². The van der Waals surface area contributed by atoms with Crippen molar-refractivity contribution >= 4 is 34.9 Å². The second-order valence-electron chi connectivity index (χ2n) is 6.40. The van der Waals surface area contributed by atoms with E-state index in [1.54, 1.807) is 24.3 Å². The Morgan fingerprint density at radius 3 is 2.34 bits per heavy atom. The maximum Gasteiger partial charge on any atom is 0.269 e. The van der Waals surface area contributed by atoms with Crippen molar-refractivity contribution in [3.8, 4) is 0 Å². The van der Waals surface area contributed by atoms with Crippen LogP contribution in [0.1, 0.15) is 21.5 Å². The van der Waals surface area contributed by atoms with Gasteiger partial charge in [0.25, 0.3) is 5.91 Å². The molecule has 3 aromatic carbocycles. The number of fused-ring (bicyclic) bond motifs is 1. The molecule has 6 nitrogen and oxygen atoms in total. The smallest absolute Gasteiger partial charge is 0.269 e. The van der Waals surface area contributed by atoms with Gasteiger partial charge in [-0.2, -0.15) is 0 Å². The van der Waals surface area contributed by atoms with Gasteiger partial charge >= 0.3 is 0 Å². The summed E-state index contributed by atoms with van der Waals surface area (Å²) in [7, 11) is 1.84. The zero-order chi connectivity index (χ0) is 20.2. The molecule has 0 saturated heterocycles. The predicted octanol–water partition coefficient (Wildman–Crippen LogP) is 3.83. The molecule has 0 unspecified atom stereocenters. The monoisotopic (exact) mass is 403 g/mol. The van der Waals surface area contributed by atoms with Gasteiger partial charge in [-0.25, -0.2) is 0 Å². The summed E-state index contributed by atoms with van der Waals surface area (Å²) < 4.78 is 0. The van der Waals surface area contributed by atoms with Crippen molar-refractivity contribution in [2.75, 3.05) is 11.9 Å². The van der Waals surface area contributed by atoms with E-state index < -0.39 is 0 Å². The molecule has 0 saturated carbocycles. The van der Waals surface area contributed by atoms with Crippen LogP contribution >= 0.6 is 11.6 Å².